The zero-order valence-corrected chi connectivity index (χ0v) is 10.3. The highest BCUT2D eigenvalue weighted by atomic mass is 16.5. The number of esters is 1. The molecule has 5 nitrogen and oxygen atoms in total. The van der Waals surface area contributed by atoms with Gasteiger partial charge < -0.3 is 14.4 Å². The maximum atomic E-state index is 11.2. The van der Waals surface area contributed by atoms with E-state index in [1.807, 2.05) is 19.0 Å². The molecule has 1 aliphatic heterocycles. The van der Waals surface area contributed by atoms with Crippen LogP contribution in [0.25, 0.3) is 0 Å². The lowest BCUT2D eigenvalue weighted by Gasteiger charge is -2.10. The van der Waals surface area contributed by atoms with Crippen LogP contribution in [0.5, 0.6) is 0 Å². The number of likely N-dealkylation sites (N-methyl/N-ethyl adjacent to an activating group) is 1. The fourth-order valence-electron chi connectivity index (χ4n) is 1.16. The van der Waals surface area contributed by atoms with E-state index in [-0.39, 0.29) is 5.97 Å². The molecule has 0 aromatic carbocycles. The number of hydrogen-bond acceptors (Lipinski definition) is 5. The van der Waals surface area contributed by atoms with Crippen LogP contribution in [0.15, 0.2) is 0 Å². The second kappa shape index (κ2) is 7.60. The lowest BCUT2D eigenvalue weighted by Crippen LogP contribution is -2.20. The first-order valence-electron chi connectivity index (χ1n) is 5.79. The summed E-state index contributed by atoms with van der Waals surface area (Å²) in [6, 6.07) is 0. The van der Waals surface area contributed by atoms with Gasteiger partial charge in [-0.1, -0.05) is 0 Å². The van der Waals surface area contributed by atoms with Crippen LogP contribution >= 0.6 is 0 Å². The Balaban J connectivity index is 1.81. The molecule has 0 atom stereocenters. The molecule has 0 bridgehead atoms. The molecule has 0 saturated carbocycles. The Bertz CT molecular complexity index is 205. The van der Waals surface area contributed by atoms with Crippen LogP contribution < -0.4 is 0 Å². The molecule has 0 unspecified atom stereocenters. The topological polar surface area (TPSA) is 41.8 Å². The van der Waals surface area contributed by atoms with Gasteiger partial charge in [-0.25, -0.2) is 0 Å². The number of nitrogens with zero attached hydrogens (tertiary/aromatic N) is 2. The largest absolute Gasteiger partial charge is 0.464 e. The molecular weight excluding hydrogens is 208 g/mol. The Morgan fingerprint density at radius 3 is 2.62 bits per heavy atom. The standard InChI is InChI=1S/C11H22N2O3/c1-12(2)6-10-16-11(14)3-8-15-9-7-13-4-5-13/h3-10H2,1-2H3. The molecular formula is C11H22N2O3. The predicted octanol–water partition coefficient (Wildman–Crippen LogP) is -0.186. The van der Waals surface area contributed by atoms with Gasteiger partial charge in [0.1, 0.15) is 6.61 Å². The molecule has 16 heavy (non-hydrogen) atoms. The first kappa shape index (κ1) is 13.4. The van der Waals surface area contributed by atoms with Gasteiger partial charge in [-0.15, -0.1) is 0 Å². The maximum Gasteiger partial charge on any atom is 0.308 e. The molecule has 0 aromatic rings. The van der Waals surface area contributed by atoms with E-state index in [2.05, 4.69) is 4.90 Å². The van der Waals surface area contributed by atoms with Crippen molar-refractivity contribution in [1.29, 1.82) is 0 Å². The van der Waals surface area contributed by atoms with Gasteiger partial charge in [0.05, 0.1) is 19.6 Å². The van der Waals surface area contributed by atoms with E-state index < -0.39 is 0 Å². The number of carbonyl (C=O) groups is 1. The summed E-state index contributed by atoms with van der Waals surface area (Å²) >= 11 is 0. The average Bonchev–Trinajstić information content (AvgIpc) is 3.00. The first-order chi connectivity index (χ1) is 7.68. The monoisotopic (exact) mass is 230 g/mol. The summed E-state index contributed by atoms with van der Waals surface area (Å²) in [5.41, 5.74) is 0. The maximum absolute atomic E-state index is 11.2. The van der Waals surface area contributed by atoms with Crippen LogP contribution in [0.2, 0.25) is 0 Å². The van der Waals surface area contributed by atoms with E-state index in [4.69, 9.17) is 9.47 Å². The molecule has 0 amide bonds. The van der Waals surface area contributed by atoms with Crippen molar-refractivity contribution in [1.82, 2.24) is 9.80 Å². The SMILES string of the molecule is CN(C)CCOC(=O)CCOCCN1CC1. The third-order valence-corrected chi connectivity index (χ3v) is 2.34. The van der Waals surface area contributed by atoms with E-state index in [0.29, 0.717) is 26.2 Å². The van der Waals surface area contributed by atoms with Gasteiger partial charge in [-0.2, -0.15) is 0 Å². The van der Waals surface area contributed by atoms with Crippen LogP contribution in [0.3, 0.4) is 0 Å². The van der Waals surface area contributed by atoms with Crippen molar-refractivity contribution in [3.8, 4) is 0 Å². The van der Waals surface area contributed by atoms with Crippen molar-refractivity contribution in [3.63, 3.8) is 0 Å². The van der Waals surface area contributed by atoms with Gasteiger partial charge >= 0.3 is 5.97 Å². The summed E-state index contributed by atoms with van der Waals surface area (Å²) in [5.74, 6) is -0.173. The summed E-state index contributed by atoms with van der Waals surface area (Å²) in [6.07, 6.45) is 0.355. The van der Waals surface area contributed by atoms with E-state index in [0.717, 1.165) is 13.1 Å². The fraction of sp³-hybridized carbons (Fsp3) is 0.909. The highest BCUT2D eigenvalue weighted by molar-refractivity contribution is 5.69. The Labute approximate surface area is 97.3 Å². The number of carbonyl (C=O) groups excluding carboxylic acids is 1. The molecule has 94 valence electrons. The van der Waals surface area contributed by atoms with Crippen molar-refractivity contribution < 1.29 is 14.3 Å². The van der Waals surface area contributed by atoms with Crippen molar-refractivity contribution in [3.05, 3.63) is 0 Å². The molecule has 1 heterocycles. The third-order valence-electron chi connectivity index (χ3n) is 2.34. The third kappa shape index (κ3) is 7.62. The number of hydrogen-bond donors (Lipinski definition) is 0. The second-order valence-corrected chi connectivity index (χ2v) is 4.23. The molecule has 1 saturated heterocycles. The Kier molecular flexibility index (Phi) is 6.37. The summed E-state index contributed by atoms with van der Waals surface area (Å²) in [5, 5.41) is 0. The van der Waals surface area contributed by atoms with Crippen LogP contribution in [-0.4, -0.2) is 75.9 Å². The van der Waals surface area contributed by atoms with E-state index in [1.54, 1.807) is 0 Å². The molecule has 0 spiro atoms. The summed E-state index contributed by atoms with van der Waals surface area (Å²) in [7, 11) is 3.90. The Hall–Kier alpha value is -0.650. The predicted molar refractivity (Wildman–Crippen MR) is 61.4 cm³/mol. The lowest BCUT2D eigenvalue weighted by molar-refractivity contribution is -0.145. The normalized spacial score (nSPS) is 15.4. The van der Waals surface area contributed by atoms with Crippen LogP contribution in [0.4, 0.5) is 0 Å². The molecule has 0 aliphatic carbocycles. The van der Waals surface area contributed by atoms with Crippen LogP contribution in [-0.2, 0) is 14.3 Å². The summed E-state index contributed by atoms with van der Waals surface area (Å²) in [6.45, 7) is 5.77. The number of rotatable bonds is 9. The van der Waals surface area contributed by atoms with Crippen LogP contribution in [0.1, 0.15) is 6.42 Å². The number of ether oxygens (including phenoxy) is 2. The molecule has 1 rings (SSSR count). The van der Waals surface area contributed by atoms with Gasteiger partial charge in [0.2, 0.25) is 0 Å². The highest BCUT2D eigenvalue weighted by Gasteiger charge is 2.15. The summed E-state index contributed by atoms with van der Waals surface area (Å²) in [4.78, 5) is 15.5. The van der Waals surface area contributed by atoms with Crippen molar-refractivity contribution in [2.75, 3.05) is 60.1 Å². The van der Waals surface area contributed by atoms with E-state index >= 15 is 0 Å². The second-order valence-electron chi connectivity index (χ2n) is 4.23. The molecule has 0 N–H and O–H groups in total. The zero-order chi connectivity index (χ0) is 11.8. The molecule has 0 radical (unpaired) electrons. The Morgan fingerprint density at radius 1 is 1.25 bits per heavy atom. The van der Waals surface area contributed by atoms with Crippen molar-refractivity contribution in [2.24, 2.45) is 0 Å². The highest BCUT2D eigenvalue weighted by Crippen LogP contribution is 2.01. The first-order valence-corrected chi connectivity index (χ1v) is 5.79. The average molecular weight is 230 g/mol. The lowest BCUT2D eigenvalue weighted by atomic mass is 10.4. The Morgan fingerprint density at radius 2 is 2.00 bits per heavy atom. The fourth-order valence-corrected chi connectivity index (χ4v) is 1.16. The van der Waals surface area contributed by atoms with Crippen molar-refractivity contribution in [2.45, 2.75) is 6.42 Å². The van der Waals surface area contributed by atoms with Gasteiger partial charge in [-0.3, -0.25) is 9.69 Å². The van der Waals surface area contributed by atoms with Crippen LogP contribution in [0, 0.1) is 0 Å². The van der Waals surface area contributed by atoms with Crippen molar-refractivity contribution >= 4 is 5.97 Å². The van der Waals surface area contributed by atoms with Gasteiger partial charge in [-0.05, 0) is 14.1 Å². The quantitative estimate of drug-likeness (QED) is 0.312. The molecule has 1 fully saturated rings. The van der Waals surface area contributed by atoms with E-state index in [9.17, 15) is 4.79 Å². The minimum Gasteiger partial charge on any atom is -0.464 e. The summed E-state index contributed by atoms with van der Waals surface area (Å²) < 4.78 is 10.4. The van der Waals surface area contributed by atoms with E-state index in [1.165, 1.54) is 13.1 Å². The molecule has 5 heteroatoms. The van der Waals surface area contributed by atoms with Gasteiger partial charge in [0.25, 0.3) is 0 Å². The van der Waals surface area contributed by atoms with Gasteiger partial charge in [0, 0.05) is 26.2 Å². The molecule has 0 aromatic heterocycles. The van der Waals surface area contributed by atoms with Gasteiger partial charge in [0.15, 0.2) is 0 Å². The zero-order valence-electron chi connectivity index (χ0n) is 10.3. The molecule has 1 aliphatic rings. The minimum absolute atomic E-state index is 0.173. The minimum atomic E-state index is -0.173. The smallest absolute Gasteiger partial charge is 0.308 e.